The van der Waals surface area contributed by atoms with E-state index in [1.807, 2.05) is 12.1 Å². The van der Waals surface area contributed by atoms with Crippen LogP contribution in [0.5, 0.6) is 0 Å². The highest BCUT2D eigenvalue weighted by molar-refractivity contribution is 5.50. The summed E-state index contributed by atoms with van der Waals surface area (Å²) in [6.07, 6.45) is 5.53. The van der Waals surface area contributed by atoms with Crippen molar-refractivity contribution in [3.8, 4) is 11.5 Å². The highest BCUT2D eigenvalue weighted by Crippen LogP contribution is 2.18. The number of nitrogens with zero attached hydrogens (tertiary/aromatic N) is 3. The highest BCUT2D eigenvalue weighted by Gasteiger charge is 2.18. The molecule has 2 aromatic heterocycles. The molecule has 5 heteroatoms. The third-order valence-corrected chi connectivity index (χ3v) is 3.03. The first-order valence-corrected chi connectivity index (χ1v) is 5.85. The van der Waals surface area contributed by atoms with Crippen molar-refractivity contribution in [3.63, 3.8) is 0 Å². The molecule has 0 aromatic carbocycles. The number of nitrogens with one attached hydrogen (secondary N) is 1. The zero-order chi connectivity index (χ0) is 11.5. The Bertz CT molecular complexity index is 476. The molecule has 2 aromatic rings. The summed E-state index contributed by atoms with van der Waals surface area (Å²) in [4.78, 5) is 8.37. The van der Waals surface area contributed by atoms with Crippen LogP contribution in [0.15, 0.2) is 29.0 Å². The molecule has 0 saturated carbocycles. The lowest BCUT2D eigenvalue weighted by Gasteiger charge is -2.01. The molecule has 1 atom stereocenters. The number of hydrogen-bond donors (Lipinski definition) is 1. The Balaban J connectivity index is 1.74. The second-order valence-corrected chi connectivity index (χ2v) is 4.31. The van der Waals surface area contributed by atoms with Crippen LogP contribution in [0.1, 0.15) is 12.2 Å². The van der Waals surface area contributed by atoms with Crippen LogP contribution in [0.2, 0.25) is 0 Å². The number of hydrogen-bond acceptors (Lipinski definition) is 5. The van der Waals surface area contributed by atoms with E-state index in [0.29, 0.717) is 11.8 Å². The van der Waals surface area contributed by atoms with Crippen LogP contribution in [-0.2, 0) is 6.42 Å². The monoisotopic (exact) mass is 230 g/mol. The summed E-state index contributed by atoms with van der Waals surface area (Å²) in [5.41, 5.74) is 0.920. The highest BCUT2D eigenvalue weighted by atomic mass is 16.5. The molecule has 1 aliphatic heterocycles. The second-order valence-electron chi connectivity index (χ2n) is 4.31. The van der Waals surface area contributed by atoms with Crippen LogP contribution in [0.25, 0.3) is 11.5 Å². The predicted octanol–water partition coefficient (Wildman–Crippen LogP) is 1.28. The van der Waals surface area contributed by atoms with E-state index < -0.39 is 0 Å². The molecular weight excluding hydrogens is 216 g/mol. The van der Waals surface area contributed by atoms with Crippen LogP contribution in [0, 0.1) is 5.92 Å². The summed E-state index contributed by atoms with van der Waals surface area (Å²) in [6, 6.07) is 3.74. The van der Waals surface area contributed by atoms with Gasteiger partial charge in [-0.1, -0.05) is 5.16 Å². The lowest BCUT2D eigenvalue weighted by molar-refractivity contribution is 0.415. The van der Waals surface area contributed by atoms with Crippen LogP contribution in [0.3, 0.4) is 0 Å². The van der Waals surface area contributed by atoms with Crippen molar-refractivity contribution in [2.75, 3.05) is 13.1 Å². The molecule has 1 saturated heterocycles. The molecule has 1 N–H and O–H groups in total. The molecule has 17 heavy (non-hydrogen) atoms. The molecule has 0 radical (unpaired) electrons. The van der Waals surface area contributed by atoms with Gasteiger partial charge in [0.05, 0.1) is 0 Å². The van der Waals surface area contributed by atoms with Gasteiger partial charge >= 0.3 is 0 Å². The summed E-state index contributed by atoms with van der Waals surface area (Å²) >= 11 is 0. The van der Waals surface area contributed by atoms with E-state index in [9.17, 15) is 0 Å². The second kappa shape index (κ2) is 4.63. The van der Waals surface area contributed by atoms with Gasteiger partial charge in [0.2, 0.25) is 0 Å². The lowest BCUT2D eigenvalue weighted by atomic mass is 10.1. The quantitative estimate of drug-likeness (QED) is 0.860. The molecule has 0 spiro atoms. The Kier molecular flexibility index (Phi) is 2.83. The minimum absolute atomic E-state index is 0.577. The Hall–Kier alpha value is -1.75. The van der Waals surface area contributed by atoms with E-state index in [1.165, 1.54) is 6.42 Å². The first kappa shape index (κ1) is 10.4. The molecule has 0 unspecified atom stereocenters. The zero-order valence-corrected chi connectivity index (χ0v) is 9.47. The third kappa shape index (κ3) is 2.34. The fraction of sp³-hybridized carbons (Fsp3) is 0.417. The van der Waals surface area contributed by atoms with Gasteiger partial charge < -0.3 is 9.84 Å². The van der Waals surface area contributed by atoms with Gasteiger partial charge in [-0.05, 0) is 37.6 Å². The first-order valence-electron chi connectivity index (χ1n) is 5.85. The maximum atomic E-state index is 5.25. The smallest absolute Gasteiger partial charge is 0.258 e. The molecule has 3 rings (SSSR count). The van der Waals surface area contributed by atoms with Crippen molar-refractivity contribution in [1.82, 2.24) is 20.4 Å². The van der Waals surface area contributed by atoms with E-state index in [-0.39, 0.29) is 0 Å². The molecule has 0 bridgehead atoms. The zero-order valence-electron chi connectivity index (χ0n) is 9.47. The summed E-state index contributed by atoms with van der Waals surface area (Å²) in [6.45, 7) is 2.15. The Labute approximate surface area is 99.3 Å². The van der Waals surface area contributed by atoms with Crippen LogP contribution >= 0.6 is 0 Å². The molecule has 5 nitrogen and oxygen atoms in total. The van der Waals surface area contributed by atoms with Crippen LogP contribution < -0.4 is 5.32 Å². The van der Waals surface area contributed by atoms with E-state index in [1.54, 1.807) is 12.4 Å². The van der Waals surface area contributed by atoms with Crippen molar-refractivity contribution < 1.29 is 4.52 Å². The Morgan fingerprint density at radius 2 is 2.24 bits per heavy atom. The Morgan fingerprint density at radius 1 is 1.35 bits per heavy atom. The van der Waals surface area contributed by atoms with Gasteiger partial charge in [0.1, 0.15) is 0 Å². The summed E-state index contributed by atoms with van der Waals surface area (Å²) in [5, 5.41) is 7.36. The summed E-state index contributed by atoms with van der Waals surface area (Å²) < 4.78 is 5.25. The van der Waals surface area contributed by atoms with Gasteiger partial charge in [-0.2, -0.15) is 4.98 Å². The van der Waals surface area contributed by atoms with Crippen molar-refractivity contribution in [2.24, 2.45) is 5.92 Å². The maximum absolute atomic E-state index is 5.25. The van der Waals surface area contributed by atoms with E-state index in [4.69, 9.17) is 4.52 Å². The normalized spacial score (nSPS) is 19.6. The lowest BCUT2D eigenvalue weighted by Crippen LogP contribution is -2.11. The van der Waals surface area contributed by atoms with Crippen LogP contribution in [0.4, 0.5) is 0 Å². The van der Waals surface area contributed by atoms with Gasteiger partial charge in [-0.15, -0.1) is 0 Å². The standard InChI is InChI=1S/C12H14N4O/c1-4-14-8-9(1)7-11-15-12(17-16-11)10-2-5-13-6-3-10/h2-3,5-6,9,14H,1,4,7-8H2/t9-/m1/s1. The molecule has 0 amide bonds. The molecule has 1 fully saturated rings. The minimum atomic E-state index is 0.577. The SMILES string of the molecule is c1cc(-c2nc(C[C@H]3CCNC3)no2)ccn1. The molecule has 1 aliphatic rings. The third-order valence-electron chi connectivity index (χ3n) is 3.03. The fourth-order valence-electron chi connectivity index (χ4n) is 2.10. The summed E-state index contributed by atoms with van der Waals surface area (Å²) in [5.74, 6) is 2.01. The van der Waals surface area contributed by atoms with Crippen molar-refractivity contribution in [3.05, 3.63) is 30.4 Å². The minimum Gasteiger partial charge on any atom is -0.334 e. The van der Waals surface area contributed by atoms with Crippen molar-refractivity contribution in [1.29, 1.82) is 0 Å². The summed E-state index contributed by atoms with van der Waals surface area (Å²) in [7, 11) is 0. The van der Waals surface area contributed by atoms with Gasteiger partial charge in [-0.3, -0.25) is 4.98 Å². The first-order chi connectivity index (χ1) is 8.42. The van der Waals surface area contributed by atoms with Crippen molar-refractivity contribution in [2.45, 2.75) is 12.8 Å². The average molecular weight is 230 g/mol. The van der Waals surface area contributed by atoms with Crippen molar-refractivity contribution >= 4 is 0 Å². The number of aromatic nitrogens is 3. The molecule has 0 aliphatic carbocycles. The average Bonchev–Trinajstić information content (AvgIpc) is 3.02. The molecule has 3 heterocycles. The fourth-order valence-corrected chi connectivity index (χ4v) is 2.10. The Morgan fingerprint density at radius 3 is 3.00 bits per heavy atom. The van der Waals surface area contributed by atoms with Crippen LogP contribution in [-0.4, -0.2) is 28.2 Å². The van der Waals surface area contributed by atoms with Gasteiger partial charge in [0.25, 0.3) is 5.89 Å². The van der Waals surface area contributed by atoms with E-state index in [0.717, 1.165) is 30.9 Å². The maximum Gasteiger partial charge on any atom is 0.258 e. The van der Waals surface area contributed by atoms with Gasteiger partial charge in [0.15, 0.2) is 5.82 Å². The van der Waals surface area contributed by atoms with E-state index >= 15 is 0 Å². The topological polar surface area (TPSA) is 63.8 Å². The van der Waals surface area contributed by atoms with E-state index in [2.05, 4.69) is 20.4 Å². The molecular formula is C12H14N4O. The number of rotatable bonds is 3. The largest absolute Gasteiger partial charge is 0.334 e. The van der Waals surface area contributed by atoms with Gasteiger partial charge in [-0.25, -0.2) is 0 Å². The number of pyridine rings is 1. The predicted molar refractivity (Wildman–Crippen MR) is 62.2 cm³/mol. The van der Waals surface area contributed by atoms with Gasteiger partial charge in [0, 0.05) is 24.4 Å². The molecule has 88 valence electrons.